The number of nitrogens with zero attached hydrogens (tertiary/aromatic N) is 3. The molecule has 0 aliphatic carbocycles. The van der Waals surface area contributed by atoms with Gasteiger partial charge in [0, 0.05) is 36.1 Å². The molecule has 2 rings (SSSR count). The Bertz CT molecular complexity index is 735. The Balaban J connectivity index is 0.00000364. The summed E-state index contributed by atoms with van der Waals surface area (Å²) in [5.74, 6) is 0.554. The first-order chi connectivity index (χ1) is 12.4. The number of guanidine groups is 1. The minimum atomic E-state index is -4.48. The zero-order valence-corrected chi connectivity index (χ0v) is 18.1. The van der Waals surface area contributed by atoms with Crippen LogP contribution in [0.25, 0.3) is 0 Å². The van der Waals surface area contributed by atoms with Gasteiger partial charge in [-0.15, -0.1) is 35.3 Å². The molecule has 0 saturated carbocycles. The number of nitrogens with one attached hydrogen (secondary N) is 3. The first-order valence-corrected chi connectivity index (χ1v) is 8.90. The summed E-state index contributed by atoms with van der Waals surface area (Å²) >= 11 is 1.75. The fourth-order valence-electron chi connectivity index (χ4n) is 2.06. The molecular formula is C16H22F3IN6S. The number of hydrogen-bond donors (Lipinski definition) is 3. The van der Waals surface area contributed by atoms with Gasteiger partial charge in [-0.2, -0.15) is 13.2 Å². The van der Waals surface area contributed by atoms with E-state index in [1.165, 1.54) is 9.75 Å². The number of aryl methyl sites for hydroxylation is 1. The molecule has 27 heavy (non-hydrogen) atoms. The average molecular weight is 514 g/mol. The summed E-state index contributed by atoms with van der Waals surface area (Å²) in [5, 5.41) is 9.03. The highest BCUT2D eigenvalue weighted by Gasteiger charge is 2.32. The molecule has 0 unspecified atom stereocenters. The van der Waals surface area contributed by atoms with Crippen molar-refractivity contribution in [1.29, 1.82) is 0 Å². The second-order valence-corrected chi connectivity index (χ2v) is 6.52. The van der Waals surface area contributed by atoms with Gasteiger partial charge >= 0.3 is 6.18 Å². The second kappa shape index (κ2) is 11.3. The summed E-state index contributed by atoms with van der Waals surface area (Å²) in [6, 6.07) is 5.02. The normalized spacial score (nSPS) is 11.7. The minimum absolute atomic E-state index is 0. The lowest BCUT2D eigenvalue weighted by Crippen LogP contribution is -2.39. The summed E-state index contributed by atoms with van der Waals surface area (Å²) in [5.41, 5.74) is -0.970. The van der Waals surface area contributed by atoms with Gasteiger partial charge in [0.2, 0.25) is 5.95 Å². The van der Waals surface area contributed by atoms with Crippen molar-refractivity contribution in [3.63, 3.8) is 0 Å². The predicted octanol–water partition coefficient (Wildman–Crippen LogP) is 3.51. The van der Waals surface area contributed by atoms with Crippen LogP contribution in [0, 0.1) is 0 Å². The maximum absolute atomic E-state index is 12.6. The van der Waals surface area contributed by atoms with E-state index >= 15 is 0 Å². The van der Waals surface area contributed by atoms with Crippen molar-refractivity contribution in [2.24, 2.45) is 4.99 Å². The number of aliphatic imine (C=N–C) groups is 1. The molecule has 0 saturated heterocycles. The van der Waals surface area contributed by atoms with E-state index in [2.05, 4.69) is 50.0 Å². The van der Waals surface area contributed by atoms with Crippen LogP contribution in [0.3, 0.4) is 0 Å². The Hall–Kier alpha value is -1.63. The van der Waals surface area contributed by atoms with Crippen LogP contribution in [-0.4, -0.2) is 36.1 Å². The van der Waals surface area contributed by atoms with Gasteiger partial charge in [0.1, 0.15) is 5.69 Å². The molecule has 0 aromatic carbocycles. The van der Waals surface area contributed by atoms with Crippen LogP contribution in [-0.2, 0) is 19.1 Å². The molecule has 3 N–H and O–H groups in total. The molecule has 6 nitrogen and oxygen atoms in total. The minimum Gasteiger partial charge on any atom is -0.355 e. The number of halogens is 4. The van der Waals surface area contributed by atoms with Crippen LogP contribution >= 0.6 is 35.3 Å². The standard InChI is InChI=1S/C16H21F3N6S.HI/c1-3-11-4-5-12(26-11)10-24-14(20-2)22-8-9-23-15-21-7-6-13(25-15)16(17,18)19;/h4-7H,3,8-10H2,1-2H3,(H2,20,22,24)(H,21,23,25);1H. The number of thiophene rings is 1. The lowest BCUT2D eigenvalue weighted by molar-refractivity contribution is -0.141. The highest BCUT2D eigenvalue weighted by atomic mass is 127. The summed E-state index contributed by atoms with van der Waals surface area (Å²) < 4.78 is 37.8. The first-order valence-electron chi connectivity index (χ1n) is 8.08. The van der Waals surface area contributed by atoms with Crippen LogP contribution < -0.4 is 16.0 Å². The van der Waals surface area contributed by atoms with Gasteiger partial charge in [-0.05, 0) is 24.6 Å². The third-order valence-corrected chi connectivity index (χ3v) is 4.60. The van der Waals surface area contributed by atoms with E-state index in [1.54, 1.807) is 18.4 Å². The molecule has 0 aliphatic rings. The molecule has 0 bridgehead atoms. The maximum Gasteiger partial charge on any atom is 0.433 e. The summed E-state index contributed by atoms with van der Waals surface area (Å²) in [6.45, 7) is 3.57. The van der Waals surface area contributed by atoms with E-state index < -0.39 is 11.9 Å². The molecule has 0 fully saturated rings. The molecule has 2 aromatic heterocycles. The molecule has 2 aromatic rings. The van der Waals surface area contributed by atoms with Gasteiger partial charge in [0.25, 0.3) is 0 Å². The SMILES string of the molecule is CCc1ccc(CNC(=NC)NCCNc2nccc(C(F)(F)F)n2)s1.I. The second-order valence-electron chi connectivity index (χ2n) is 5.26. The van der Waals surface area contributed by atoms with Gasteiger partial charge in [-0.1, -0.05) is 6.92 Å². The Morgan fingerprint density at radius 1 is 1.15 bits per heavy atom. The van der Waals surface area contributed by atoms with Crippen LogP contribution in [0.5, 0.6) is 0 Å². The average Bonchev–Trinajstić information content (AvgIpc) is 3.09. The summed E-state index contributed by atoms with van der Waals surface area (Å²) in [6.07, 6.45) is -2.39. The molecule has 0 atom stereocenters. The lowest BCUT2D eigenvalue weighted by atomic mass is 10.4. The van der Waals surface area contributed by atoms with E-state index in [-0.39, 0.29) is 29.9 Å². The van der Waals surface area contributed by atoms with E-state index in [4.69, 9.17) is 0 Å². The smallest absolute Gasteiger partial charge is 0.355 e. The van der Waals surface area contributed by atoms with E-state index in [0.717, 1.165) is 18.7 Å². The Kier molecular flexibility index (Phi) is 9.77. The molecule has 2 heterocycles. The van der Waals surface area contributed by atoms with Crippen molar-refractivity contribution in [3.8, 4) is 0 Å². The largest absolute Gasteiger partial charge is 0.433 e. The predicted molar refractivity (Wildman–Crippen MR) is 113 cm³/mol. The third kappa shape index (κ3) is 7.87. The third-order valence-electron chi connectivity index (χ3n) is 3.37. The Morgan fingerprint density at radius 3 is 2.52 bits per heavy atom. The number of anilines is 1. The van der Waals surface area contributed by atoms with E-state index in [9.17, 15) is 13.2 Å². The highest BCUT2D eigenvalue weighted by Crippen LogP contribution is 2.27. The first kappa shape index (κ1) is 23.4. The van der Waals surface area contributed by atoms with E-state index in [0.29, 0.717) is 25.6 Å². The van der Waals surface area contributed by atoms with Gasteiger partial charge in [0.05, 0.1) is 6.54 Å². The number of hydrogen-bond acceptors (Lipinski definition) is 5. The van der Waals surface area contributed by atoms with Crippen LogP contribution in [0.4, 0.5) is 19.1 Å². The molecule has 11 heteroatoms. The molecule has 0 amide bonds. The van der Waals surface area contributed by atoms with Gasteiger partial charge in [0.15, 0.2) is 5.96 Å². The lowest BCUT2D eigenvalue weighted by Gasteiger charge is -2.12. The van der Waals surface area contributed by atoms with Gasteiger partial charge in [-0.25, -0.2) is 9.97 Å². The van der Waals surface area contributed by atoms with Crippen molar-refractivity contribution in [2.45, 2.75) is 26.1 Å². The molecular weight excluding hydrogens is 492 g/mol. The summed E-state index contributed by atoms with van der Waals surface area (Å²) in [4.78, 5) is 13.9. The molecule has 0 spiro atoms. The van der Waals surface area contributed by atoms with Crippen LogP contribution in [0.2, 0.25) is 0 Å². The van der Waals surface area contributed by atoms with Crippen molar-refractivity contribution >= 4 is 47.2 Å². The molecule has 0 aliphatic heterocycles. The summed E-state index contributed by atoms with van der Waals surface area (Å²) in [7, 11) is 1.66. The zero-order valence-electron chi connectivity index (χ0n) is 14.9. The quantitative estimate of drug-likeness (QED) is 0.228. The van der Waals surface area contributed by atoms with Crippen molar-refractivity contribution in [3.05, 3.63) is 39.8 Å². The molecule has 150 valence electrons. The van der Waals surface area contributed by atoms with Crippen molar-refractivity contribution in [2.75, 3.05) is 25.5 Å². The van der Waals surface area contributed by atoms with Gasteiger partial charge < -0.3 is 16.0 Å². The zero-order chi connectivity index (χ0) is 19.0. The number of alkyl halides is 3. The monoisotopic (exact) mass is 514 g/mol. The maximum atomic E-state index is 12.6. The highest BCUT2D eigenvalue weighted by molar-refractivity contribution is 14.0. The number of aromatic nitrogens is 2. The Labute approximate surface area is 177 Å². The fraction of sp³-hybridized carbons (Fsp3) is 0.438. The Morgan fingerprint density at radius 2 is 1.89 bits per heavy atom. The van der Waals surface area contributed by atoms with E-state index in [1.807, 2.05) is 0 Å². The topological polar surface area (TPSA) is 74.2 Å². The van der Waals surface area contributed by atoms with Gasteiger partial charge in [-0.3, -0.25) is 4.99 Å². The van der Waals surface area contributed by atoms with Crippen LogP contribution in [0.1, 0.15) is 22.4 Å². The number of rotatable bonds is 7. The molecule has 0 radical (unpaired) electrons. The van der Waals surface area contributed by atoms with Crippen molar-refractivity contribution in [1.82, 2.24) is 20.6 Å². The van der Waals surface area contributed by atoms with Crippen LogP contribution in [0.15, 0.2) is 29.4 Å². The van der Waals surface area contributed by atoms with Crippen molar-refractivity contribution < 1.29 is 13.2 Å². The fourth-order valence-corrected chi connectivity index (χ4v) is 2.95.